The normalized spacial score (nSPS) is 10.3. The van der Waals surface area contributed by atoms with Crippen molar-refractivity contribution in [1.29, 1.82) is 0 Å². The highest BCUT2D eigenvalue weighted by atomic mass is 16.5. The fourth-order valence-corrected chi connectivity index (χ4v) is 2.69. The molecule has 3 aromatic carbocycles. The van der Waals surface area contributed by atoms with Crippen LogP contribution in [0.1, 0.15) is 18.9 Å². The lowest BCUT2D eigenvalue weighted by atomic mass is 10.2. The zero-order valence-corrected chi connectivity index (χ0v) is 16.3. The molecule has 0 atom stereocenters. The Hall–Kier alpha value is -3.14. The van der Waals surface area contributed by atoms with Crippen molar-refractivity contribution in [2.24, 2.45) is 0 Å². The van der Waals surface area contributed by atoms with Gasteiger partial charge in [0.05, 0.1) is 12.3 Å². The van der Waals surface area contributed by atoms with E-state index in [9.17, 15) is 0 Å². The van der Waals surface area contributed by atoms with E-state index in [4.69, 9.17) is 14.2 Å². The van der Waals surface area contributed by atoms with Crippen molar-refractivity contribution in [3.63, 3.8) is 0 Å². The van der Waals surface area contributed by atoms with Crippen molar-refractivity contribution in [1.82, 2.24) is 0 Å². The van der Waals surface area contributed by atoms with Crippen molar-refractivity contribution in [2.45, 2.75) is 19.9 Å². The van der Waals surface area contributed by atoms with Gasteiger partial charge in [-0.05, 0) is 48.4 Å². The molecule has 0 unspecified atom stereocenters. The van der Waals surface area contributed by atoms with Crippen LogP contribution >= 0.6 is 0 Å². The van der Waals surface area contributed by atoms with Gasteiger partial charge in [0.1, 0.15) is 30.5 Å². The molecule has 0 saturated heterocycles. The van der Waals surface area contributed by atoms with Gasteiger partial charge in [-0.25, -0.2) is 0 Å². The second-order valence-electron chi connectivity index (χ2n) is 6.35. The zero-order valence-electron chi connectivity index (χ0n) is 16.3. The van der Waals surface area contributed by atoms with Gasteiger partial charge in [-0.1, -0.05) is 49.4 Å². The Labute approximate surface area is 167 Å². The summed E-state index contributed by atoms with van der Waals surface area (Å²) >= 11 is 0. The Bertz CT molecular complexity index is 819. The van der Waals surface area contributed by atoms with Crippen molar-refractivity contribution >= 4 is 5.69 Å². The number of nitrogens with one attached hydrogen (secondary N) is 1. The van der Waals surface area contributed by atoms with Crippen molar-refractivity contribution < 1.29 is 14.2 Å². The molecule has 0 spiro atoms. The summed E-state index contributed by atoms with van der Waals surface area (Å²) in [5, 5.41) is 3.44. The lowest BCUT2D eigenvalue weighted by molar-refractivity contribution is 0.218. The van der Waals surface area contributed by atoms with Crippen LogP contribution in [0.2, 0.25) is 0 Å². The van der Waals surface area contributed by atoms with E-state index in [1.54, 1.807) is 0 Å². The number of benzene rings is 3. The van der Waals surface area contributed by atoms with Gasteiger partial charge in [0, 0.05) is 6.54 Å². The number of ether oxygens (including phenoxy) is 3. The molecule has 4 nitrogen and oxygen atoms in total. The van der Waals surface area contributed by atoms with E-state index in [2.05, 4.69) is 24.4 Å². The van der Waals surface area contributed by atoms with Gasteiger partial charge in [-0.15, -0.1) is 0 Å². The van der Waals surface area contributed by atoms with Crippen LogP contribution in [0.25, 0.3) is 0 Å². The van der Waals surface area contributed by atoms with E-state index >= 15 is 0 Å². The van der Waals surface area contributed by atoms with Crippen molar-refractivity contribution in [3.8, 4) is 17.2 Å². The molecule has 0 saturated carbocycles. The molecule has 0 aliphatic carbocycles. The lowest BCUT2D eigenvalue weighted by Gasteiger charge is -2.14. The Morgan fingerprint density at radius 2 is 1.29 bits per heavy atom. The topological polar surface area (TPSA) is 39.7 Å². The van der Waals surface area contributed by atoms with Gasteiger partial charge in [0.2, 0.25) is 0 Å². The fraction of sp³-hybridized carbons (Fsp3) is 0.250. The smallest absolute Gasteiger partial charge is 0.142 e. The first-order valence-electron chi connectivity index (χ1n) is 9.70. The first kappa shape index (κ1) is 19.6. The van der Waals surface area contributed by atoms with Crippen molar-refractivity contribution in [3.05, 3.63) is 84.4 Å². The Morgan fingerprint density at radius 1 is 0.643 bits per heavy atom. The predicted molar refractivity (Wildman–Crippen MR) is 113 cm³/mol. The quantitative estimate of drug-likeness (QED) is 0.445. The number of hydrogen-bond donors (Lipinski definition) is 1. The van der Waals surface area contributed by atoms with Crippen LogP contribution in [-0.4, -0.2) is 19.8 Å². The minimum atomic E-state index is 0.483. The van der Waals surface area contributed by atoms with E-state index in [0.717, 1.165) is 42.5 Å². The average molecular weight is 377 g/mol. The highest BCUT2D eigenvalue weighted by molar-refractivity contribution is 5.56. The largest absolute Gasteiger partial charge is 0.494 e. The van der Waals surface area contributed by atoms with E-state index in [-0.39, 0.29) is 0 Å². The van der Waals surface area contributed by atoms with Crippen LogP contribution < -0.4 is 19.5 Å². The molecule has 3 aromatic rings. The predicted octanol–water partition coefficient (Wildman–Crippen LogP) is 5.55. The van der Waals surface area contributed by atoms with Gasteiger partial charge < -0.3 is 19.5 Å². The summed E-state index contributed by atoms with van der Waals surface area (Å²) in [4.78, 5) is 0. The summed E-state index contributed by atoms with van der Waals surface area (Å²) in [6.07, 6.45) is 1.01. The standard InChI is InChI=1S/C24H27NO3/c1-2-16-26-22-14-12-20(13-15-22)19-25-23-10-6-7-11-24(23)28-18-17-27-21-8-4-3-5-9-21/h3-15,25H,2,16-19H2,1H3. The monoisotopic (exact) mass is 377 g/mol. The molecule has 0 radical (unpaired) electrons. The third-order valence-electron chi connectivity index (χ3n) is 4.12. The highest BCUT2D eigenvalue weighted by Gasteiger charge is 2.03. The lowest BCUT2D eigenvalue weighted by Crippen LogP contribution is -2.10. The van der Waals surface area contributed by atoms with E-state index < -0.39 is 0 Å². The van der Waals surface area contributed by atoms with Gasteiger partial charge in [-0.2, -0.15) is 0 Å². The molecule has 0 heterocycles. The first-order chi connectivity index (χ1) is 13.8. The molecule has 0 aliphatic rings. The molecule has 0 aliphatic heterocycles. The van der Waals surface area contributed by atoms with Gasteiger partial charge in [-0.3, -0.25) is 0 Å². The van der Waals surface area contributed by atoms with Crippen LogP contribution in [0.3, 0.4) is 0 Å². The third kappa shape index (κ3) is 6.23. The highest BCUT2D eigenvalue weighted by Crippen LogP contribution is 2.24. The Morgan fingerprint density at radius 3 is 2.07 bits per heavy atom. The number of hydrogen-bond acceptors (Lipinski definition) is 4. The molecule has 146 valence electrons. The molecule has 4 heteroatoms. The maximum absolute atomic E-state index is 5.90. The molecule has 0 amide bonds. The maximum Gasteiger partial charge on any atom is 0.142 e. The molecule has 0 bridgehead atoms. The summed E-state index contributed by atoms with van der Waals surface area (Å²) in [7, 11) is 0. The summed E-state index contributed by atoms with van der Waals surface area (Å²) in [6, 6.07) is 25.9. The molecular formula is C24H27NO3. The number of para-hydroxylation sites is 3. The summed E-state index contributed by atoms with van der Waals surface area (Å²) < 4.78 is 17.2. The molecule has 0 fully saturated rings. The minimum Gasteiger partial charge on any atom is -0.494 e. The summed E-state index contributed by atoms with van der Waals surface area (Å²) in [5.74, 6) is 2.58. The molecule has 28 heavy (non-hydrogen) atoms. The molecule has 1 N–H and O–H groups in total. The Kier molecular flexibility index (Phi) is 7.62. The zero-order chi connectivity index (χ0) is 19.4. The van der Waals surface area contributed by atoms with Gasteiger partial charge >= 0.3 is 0 Å². The fourth-order valence-electron chi connectivity index (χ4n) is 2.69. The molecule has 3 rings (SSSR count). The van der Waals surface area contributed by atoms with E-state index in [0.29, 0.717) is 13.2 Å². The average Bonchev–Trinajstić information content (AvgIpc) is 2.76. The minimum absolute atomic E-state index is 0.483. The number of anilines is 1. The maximum atomic E-state index is 5.90. The number of rotatable bonds is 11. The van der Waals surface area contributed by atoms with E-state index in [1.807, 2.05) is 66.7 Å². The van der Waals surface area contributed by atoms with Crippen LogP contribution in [-0.2, 0) is 6.54 Å². The Balaban J connectivity index is 1.48. The second-order valence-corrected chi connectivity index (χ2v) is 6.35. The molecular weight excluding hydrogens is 350 g/mol. The van der Waals surface area contributed by atoms with Crippen LogP contribution in [0.4, 0.5) is 5.69 Å². The summed E-state index contributed by atoms with van der Waals surface area (Å²) in [5.41, 5.74) is 2.15. The van der Waals surface area contributed by atoms with Gasteiger partial charge in [0.25, 0.3) is 0 Å². The van der Waals surface area contributed by atoms with E-state index in [1.165, 1.54) is 5.56 Å². The second kappa shape index (κ2) is 10.9. The van der Waals surface area contributed by atoms with Crippen LogP contribution in [0.5, 0.6) is 17.2 Å². The van der Waals surface area contributed by atoms with Gasteiger partial charge in [0.15, 0.2) is 0 Å². The van der Waals surface area contributed by atoms with Crippen LogP contribution in [0, 0.1) is 0 Å². The van der Waals surface area contributed by atoms with Crippen LogP contribution in [0.15, 0.2) is 78.9 Å². The first-order valence-corrected chi connectivity index (χ1v) is 9.70. The summed E-state index contributed by atoms with van der Waals surface area (Å²) in [6.45, 7) is 4.55. The third-order valence-corrected chi connectivity index (χ3v) is 4.12. The van der Waals surface area contributed by atoms with Crippen molar-refractivity contribution in [2.75, 3.05) is 25.1 Å². The SMILES string of the molecule is CCCOc1ccc(CNc2ccccc2OCCOc2ccccc2)cc1. The molecule has 0 aromatic heterocycles.